The van der Waals surface area contributed by atoms with E-state index in [0.29, 0.717) is 5.96 Å². The second kappa shape index (κ2) is 6.76. The molecule has 0 atom stereocenters. The molecular formula is C17H23N3O. The second-order valence-corrected chi connectivity index (χ2v) is 5.67. The molecule has 4 nitrogen and oxygen atoms in total. The van der Waals surface area contributed by atoms with E-state index in [4.69, 9.17) is 10.5 Å². The molecule has 1 heterocycles. The van der Waals surface area contributed by atoms with Gasteiger partial charge in [-0.25, -0.2) is 0 Å². The molecule has 0 saturated heterocycles. The van der Waals surface area contributed by atoms with E-state index in [1.165, 1.54) is 36.0 Å². The van der Waals surface area contributed by atoms with E-state index in [-0.39, 0.29) is 0 Å². The summed E-state index contributed by atoms with van der Waals surface area (Å²) in [5.74, 6) is 0.501. The van der Waals surface area contributed by atoms with Gasteiger partial charge in [-0.2, -0.15) is 0 Å². The number of aliphatic imine (C=N–C) groups is 1. The van der Waals surface area contributed by atoms with Crippen molar-refractivity contribution in [1.82, 2.24) is 0 Å². The molecule has 21 heavy (non-hydrogen) atoms. The van der Waals surface area contributed by atoms with Gasteiger partial charge in [-0.3, -0.25) is 4.99 Å². The average Bonchev–Trinajstić information content (AvgIpc) is 2.96. The van der Waals surface area contributed by atoms with Crippen molar-refractivity contribution in [3.8, 4) is 0 Å². The zero-order valence-electron chi connectivity index (χ0n) is 12.4. The summed E-state index contributed by atoms with van der Waals surface area (Å²) < 4.78 is 5.29. The Kier molecular flexibility index (Phi) is 4.55. The Morgan fingerprint density at radius 3 is 3.00 bits per heavy atom. The Bertz CT molecular complexity index is 563. The Balaban J connectivity index is 1.52. The van der Waals surface area contributed by atoms with E-state index in [1.807, 2.05) is 0 Å². The van der Waals surface area contributed by atoms with Crippen molar-refractivity contribution in [3.63, 3.8) is 0 Å². The van der Waals surface area contributed by atoms with Gasteiger partial charge in [0.25, 0.3) is 0 Å². The predicted octanol–water partition coefficient (Wildman–Crippen LogP) is 2.64. The van der Waals surface area contributed by atoms with Crippen LogP contribution in [0.5, 0.6) is 0 Å². The number of nitrogens with two attached hydrogens (primary N) is 1. The molecule has 0 amide bonds. The van der Waals surface area contributed by atoms with E-state index < -0.39 is 0 Å². The molecule has 112 valence electrons. The van der Waals surface area contributed by atoms with Crippen LogP contribution in [0, 0.1) is 0 Å². The summed E-state index contributed by atoms with van der Waals surface area (Å²) in [7, 11) is 0. The van der Waals surface area contributed by atoms with Crippen LogP contribution >= 0.6 is 0 Å². The van der Waals surface area contributed by atoms with Gasteiger partial charge in [0.05, 0.1) is 13.2 Å². The smallest absolute Gasteiger partial charge is 0.193 e. The minimum atomic E-state index is 0.501. The number of anilines is 1. The minimum absolute atomic E-state index is 0.501. The lowest BCUT2D eigenvalue weighted by Crippen LogP contribution is -2.23. The van der Waals surface area contributed by atoms with Crippen molar-refractivity contribution in [2.24, 2.45) is 10.7 Å². The summed E-state index contributed by atoms with van der Waals surface area (Å²) >= 11 is 0. The molecule has 0 unspecified atom stereocenters. The Morgan fingerprint density at radius 2 is 2.14 bits per heavy atom. The van der Waals surface area contributed by atoms with Gasteiger partial charge in [-0.1, -0.05) is 17.7 Å². The molecule has 4 heteroatoms. The molecule has 0 bridgehead atoms. The first kappa shape index (κ1) is 14.1. The third-order valence-corrected chi connectivity index (χ3v) is 4.14. The molecule has 2 aliphatic rings. The van der Waals surface area contributed by atoms with Gasteiger partial charge in [0, 0.05) is 12.2 Å². The van der Waals surface area contributed by atoms with Crippen molar-refractivity contribution in [3.05, 3.63) is 41.0 Å². The second-order valence-electron chi connectivity index (χ2n) is 5.67. The molecular weight excluding hydrogens is 262 g/mol. The standard InChI is InChI=1S/C17H23N3O/c18-17(19-9-6-13-7-10-21-11-8-13)20-16-5-4-14-2-1-3-15(14)12-16/h4-5,7,12H,1-3,6,8-11H2,(H3,18,19,20). The average molecular weight is 285 g/mol. The molecule has 0 saturated carbocycles. The molecule has 1 aromatic rings. The highest BCUT2D eigenvalue weighted by Crippen LogP contribution is 2.24. The highest BCUT2D eigenvalue weighted by Gasteiger charge is 2.10. The number of fused-ring (bicyclic) bond motifs is 1. The van der Waals surface area contributed by atoms with Crippen LogP contribution in [0.15, 0.2) is 34.8 Å². The van der Waals surface area contributed by atoms with Gasteiger partial charge in [-0.05, 0) is 55.4 Å². The molecule has 3 rings (SSSR count). The third kappa shape index (κ3) is 3.85. The molecule has 3 N–H and O–H groups in total. The maximum atomic E-state index is 5.96. The van der Waals surface area contributed by atoms with Crippen molar-refractivity contribution in [2.75, 3.05) is 25.1 Å². The summed E-state index contributed by atoms with van der Waals surface area (Å²) in [5.41, 5.74) is 11.4. The zero-order valence-corrected chi connectivity index (χ0v) is 12.4. The van der Waals surface area contributed by atoms with Crippen LogP contribution in [0.1, 0.15) is 30.4 Å². The molecule has 0 fully saturated rings. The van der Waals surface area contributed by atoms with E-state index >= 15 is 0 Å². The lowest BCUT2D eigenvalue weighted by Gasteiger charge is -2.12. The summed E-state index contributed by atoms with van der Waals surface area (Å²) in [6.07, 6.45) is 7.80. The normalized spacial score (nSPS) is 18.3. The Morgan fingerprint density at radius 1 is 1.24 bits per heavy atom. The molecule has 0 radical (unpaired) electrons. The van der Waals surface area contributed by atoms with E-state index in [9.17, 15) is 0 Å². The van der Waals surface area contributed by atoms with E-state index in [2.05, 4.69) is 34.6 Å². The van der Waals surface area contributed by atoms with E-state index in [0.717, 1.165) is 38.3 Å². The van der Waals surface area contributed by atoms with Gasteiger partial charge >= 0.3 is 0 Å². The van der Waals surface area contributed by atoms with Gasteiger partial charge in [0.1, 0.15) is 0 Å². The number of aryl methyl sites for hydroxylation is 2. The van der Waals surface area contributed by atoms with Crippen LogP contribution in [0.4, 0.5) is 5.69 Å². The summed E-state index contributed by atoms with van der Waals surface area (Å²) in [5, 5.41) is 3.19. The van der Waals surface area contributed by atoms with Crippen molar-refractivity contribution < 1.29 is 4.74 Å². The quantitative estimate of drug-likeness (QED) is 0.508. The summed E-state index contributed by atoms with van der Waals surface area (Å²) in [6.45, 7) is 2.30. The Labute approximate surface area is 126 Å². The van der Waals surface area contributed by atoms with Crippen LogP contribution in [0.3, 0.4) is 0 Å². The fourth-order valence-corrected chi connectivity index (χ4v) is 2.95. The number of hydrogen-bond donors (Lipinski definition) is 2. The third-order valence-electron chi connectivity index (χ3n) is 4.14. The number of guanidine groups is 1. The van der Waals surface area contributed by atoms with Crippen molar-refractivity contribution in [2.45, 2.75) is 32.1 Å². The summed E-state index contributed by atoms with van der Waals surface area (Å²) in [4.78, 5) is 4.41. The maximum absolute atomic E-state index is 5.96. The fourth-order valence-electron chi connectivity index (χ4n) is 2.95. The van der Waals surface area contributed by atoms with Gasteiger partial charge in [0.15, 0.2) is 5.96 Å². The highest BCUT2D eigenvalue weighted by molar-refractivity contribution is 5.92. The minimum Gasteiger partial charge on any atom is -0.377 e. The number of hydrogen-bond acceptors (Lipinski definition) is 2. The largest absolute Gasteiger partial charge is 0.377 e. The number of ether oxygens (including phenoxy) is 1. The molecule has 0 aromatic heterocycles. The van der Waals surface area contributed by atoms with Crippen LogP contribution in [0.2, 0.25) is 0 Å². The van der Waals surface area contributed by atoms with Crippen molar-refractivity contribution >= 4 is 11.6 Å². The number of benzene rings is 1. The van der Waals surface area contributed by atoms with Gasteiger partial charge in [0.2, 0.25) is 0 Å². The van der Waals surface area contributed by atoms with Crippen LogP contribution in [0.25, 0.3) is 0 Å². The first-order valence-electron chi connectivity index (χ1n) is 7.76. The first-order chi connectivity index (χ1) is 10.3. The number of nitrogens with zero attached hydrogens (tertiary/aromatic N) is 1. The zero-order chi connectivity index (χ0) is 14.5. The number of nitrogens with one attached hydrogen (secondary N) is 1. The van der Waals surface area contributed by atoms with Crippen LogP contribution < -0.4 is 11.1 Å². The lowest BCUT2D eigenvalue weighted by molar-refractivity contribution is 0.153. The monoisotopic (exact) mass is 285 g/mol. The maximum Gasteiger partial charge on any atom is 0.193 e. The van der Waals surface area contributed by atoms with Gasteiger partial charge in [-0.15, -0.1) is 0 Å². The molecule has 1 aliphatic carbocycles. The Hall–Kier alpha value is -1.81. The first-order valence-corrected chi connectivity index (χ1v) is 7.76. The number of rotatable bonds is 4. The molecule has 0 spiro atoms. The van der Waals surface area contributed by atoms with Crippen LogP contribution in [-0.4, -0.2) is 25.7 Å². The topological polar surface area (TPSA) is 59.6 Å². The van der Waals surface area contributed by atoms with E-state index in [1.54, 1.807) is 0 Å². The van der Waals surface area contributed by atoms with Crippen LogP contribution in [-0.2, 0) is 17.6 Å². The molecule has 1 aromatic carbocycles. The van der Waals surface area contributed by atoms with Crippen molar-refractivity contribution in [1.29, 1.82) is 0 Å². The molecule has 1 aliphatic heterocycles. The highest BCUT2D eigenvalue weighted by atomic mass is 16.5. The van der Waals surface area contributed by atoms with Gasteiger partial charge < -0.3 is 15.8 Å². The predicted molar refractivity (Wildman–Crippen MR) is 86.7 cm³/mol. The lowest BCUT2D eigenvalue weighted by atomic mass is 10.1. The summed E-state index contributed by atoms with van der Waals surface area (Å²) in [6, 6.07) is 6.49. The SMILES string of the molecule is NC(=NCCC1=CCOCC1)Nc1ccc2c(c1)CCC2. The fraction of sp³-hybridized carbons (Fsp3) is 0.471.